The summed E-state index contributed by atoms with van der Waals surface area (Å²) >= 11 is 0. The van der Waals surface area contributed by atoms with Gasteiger partial charge in [-0.3, -0.25) is 4.79 Å². The SMILES string of the molecule is Cc1cccc(C(=O)NCC(c2ccccc2)c2ccccc2)c1. The number of hydrogen-bond donors (Lipinski definition) is 1. The van der Waals surface area contributed by atoms with E-state index in [1.165, 1.54) is 11.1 Å². The average Bonchev–Trinajstić information content (AvgIpc) is 2.63. The second-order valence-electron chi connectivity index (χ2n) is 5.95. The van der Waals surface area contributed by atoms with Crippen molar-refractivity contribution in [2.75, 3.05) is 6.54 Å². The molecule has 0 aromatic heterocycles. The van der Waals surface area contributed by atoms with Crippen LogP contribution in [0.25, 0.3) is 0 Å². The lowest BCUT2D eigenvalue weighted by Gasteiger charge is -2.19. The molecular formula is C22H21NO. The Morgan fingerprint density at radius 3 is 1.96 bits per heavy atom. The number of benzene rings is 3. The topological polar surface area (TPSA) is 29.1 Å². The van der Waals surface area contributed by atoms with Gasteiger partial charge in [0.2, 0.25) is 0 Å². The molecule has 0 atom stereocenters. The van der Waals surface area contributed by atoms with Crippen LogP contribution in [-0.4, -0.2) is 12.5 Å². The standard InChI is InChI=1S/C22H21NO/c1-17-9-8-14-20(15-17)22(24)23-16-21(18-10-4-2-5-11-18)19-12-6-3-7-13-19/h2-15,21H,16H2,1H3,(H,23,24). The molecule has 3 aromatic rings. The van der Waals surface area contributed by atoms with Crippen LogP contribution in [0.3, 0.4) is 0 Å². The molecule has 0 heterocycles. The summed E-state index contributed by atoms with van der Waals surface area (Å²) in [4.78, 5) is 12.5. The largest absolute Gasteiger partial charge is 0.351 e. The molecule has 0 aliphatic rings. The maximum atomic E-state index is 12.5. The van der Waals surface area contributed by atoms with Crippen molar-refractivity contribution in [1.29, 1.82) is 0 Å². The van der Waals surface area contributed by atoms with Crippen molar-refractivity contribution in [2.24, 2.45) is 0 Å². The van der Waals surface area contributed by atoms with Crippen LogP contribution >= 0.6 is 0 Å². The van der Waals surface area contributed by atoms with Crippen LogP contribution in [0.15, 0.2) is 84.9 Å². The van der Waals surface area contributed by atoms with Gasteiger partial charge in [-0.2, -0.15) is 0 Å². The van der Waals surface area contributed by atoms with Crippen molar-refractivity contribution in [2.45, 2.75) is 12.8 Å². The van der Waals surface area contributed by atoms with Gasteiger partial charge >= 0.3 is 0 Å². The summed E-state index contributed by atoms with van der Waals surface area (Å²) in [7, 11) is 0. The molecule has 0 saturated heterocycles. The van der Waals surface area contributed by atoms with E-state index in [1.807, 2.05) is 67.6 Å². The number of rotatable bonds is 5. The lowest BCUT2D eigenvalue weighted by molar-refractivity contribution is 0.0952. The van der Waals surface area contributed by atoms with Gasteiger partial charge < -0.3 is 5.32 Å². The molecule has 1 N–H and O–H groups in total. The minimum Gasteiger partial charge on any atom is -0.351 e. The number of aryl methyl sites for hydroxylation is 1. The van der Waals surface area contributed by atoms with Gasteiger partial charge in [-0.15, -0.1) is 0 Å². The lowest BCUT2D eigenvalue weighted by Crippen LogP contribution is -2.29. The molecule has 3 rings (SSSR count). The van der Waals surface area contributed by atoms with Crippen molar-refractivity contribution >= 4 is 5.91 Å². The molecule has 2 nitrogen and oxygen atoms in total. The predicted octanol–water partition coefficient (Wildman–Crippen LogP) is 4.56. The van der Waals surface area contributed by atoms with Gasteiger partial charge in [0, 0.05) is 18.0 Å². The normalized spacial score (nSPS) is 10.6. The van der Waals surface area contributed by atoms with Gasteiger partial charge in [-0.25, -0.2) is 0 Å². The fraction of sp³-hybridized carbons (Fsp3) is 0.136. The van der Waals surface area contributed by atoms with E-state index in [9.17, 15) is 4.79 Å². The third kappa shape index (κ3) is 3.90. The van der Waals surface area contributed by atoms with E-state index >= 15 is 0 Å². The first-order chi connectivity index (χ1) is 11.7. The number of nitrogens with one attached hydrogen (secondary N) is 1. The Bertz CT molecular complexity index is 757. The molecule has 0 aliphatic heterocycles. The second-order valence-corrected chi connectivity index (χ2v) is 5.95. The highest BCUT2D eigenvalue weighted by Crippen LogP contribution is 2.23. The van der Waals surface area contributed by atoms with Crippen molar-refractivity contribution < 1.29 is 4.79 Å². The van der Waals surface area contributed by atoms with Gasteiger partial charge in [-0.1, -0.05) is 78.4 Å². The summed E-state index contributed by atoms with van der Waals surface area (Å²) in [6, 6.07) is 28.3. The molecule has 0 unspecified atom stereocenters. The molecule has 0 bridgehead atoms. The molecule has 2 heteroatoms. The zero-order chi connectivity index (χ0) is 16.8. The van der Waals surface area contributed by atoms with Crippen molar-refractivity contribution in [3.05, 3.63) is 107 Å². The third-order valence-corrected chi connectivity index (χ3v) is 4.15. The Morgan fingerprint density at radius 2 is 1.42 bits per heavy atom. The summed E-state index contributed by atoms with van der Waals surface area (Å²) in [5.74, 6) is 0.108. The molecule has 1 amide bonds. The van der Waals surface area contributed by atoms with Crippen LogP contribution in [-0.2, 0) is 0 Å². The summed E-state index contributed by atoms with van der Waals surface area (Å²) < 4.78 is 0. The molecule has 0 radical (unpaired) electrons. The summed E-state index contributed by atoms with van der Waals surface area (Å²) in [5.41, 5.74) is 4.20. The summed E-state index contributed by atoms with van der Waals surface area (Å²) in [6.45, 7) is 2.56. The molecule has 0 fully saturated rings. The predicted molar refractivity (Wildman–Crippen MR) is 98.2 cm³/mol. The first-order valence-electron chi connectivity index (χ1n) is 8.19. The van der Waals surface area contributed by atoms with Gasteiger partial charge in [0.05, 0.1) is 0 Å². The van der Waals surface area contributed by atoms with Gasteiger partial charge in [-0.05, 0) is 30.2 Å². The Hall–Kier alpha value is -2.87. The van der Waals surface area contributed by atoms with Crippen LogP contribution in [0.1, 0.15) is 33.0 Å². The monoisotopic (exact) mass is 315 g/mol. The maximum Gasteiger partial charge on any atom is 0.251 e. The van der Waals surface area contributed by atoms with Crippen molar-refractivity contribution in [3.8, 4) is 0 Å². The molecule has 0 aliphatic carbocycles. The zero-order valence-electron chi connectivity index (χ0n) is 13.8. The van der Waals surface area contributed by atoms with Crippen LogP contribution in [0, 0.1) is 6.92 Å². The fourth-order valence-corrected chi connectivity index (χ4v) is 2.88. The van der Waals surface area contributed by atoms with E-state index in [4.69, 9.17) is 0 Å². The number of carbonyl (C=O) groups is 1. The lowest BCUT2D eigenvalue weighted by atomic mass is 9.91. The average molecular weight is 315 g/mol. The number of hydrogen-bond acceptors (Lipinski definition) is 1. The molecule has 0 spiro atoms. The Kier molecular flexibility index (Phi) is 5.07. The zero-order valence-corrected chi connectivity index (χ0v) is 13.8. The van der Waals surface area contributed by atoms with E-state index < -0.39 is 0 Å². The van der Waals surface area contributed by atoms with Crippen LogP contribution < -0.4 is 5.32 Å². The Balaban J connectivity index is 1.79. The first-order valence-corrected chi connectivity index (χ1v) is 8.19. The highest BCUT2D eigenvalue weighted by Gasteiger charge is 2.15. The highest BCUT2D eigenvalue weighted by atomic mass is 16.1. The molecule has 3 aromatic carbocycles. The molecule has 0 saturated carbocycles. The van der Waals surface area contributed by atoms with E-state index in [1.54, 1.807) is 0 Å². The number of carbonyl (C=O) groups excluding carboxylic acids is 1. The second kappa shape index (κ2) is 7.60. The van der Waals surface area contributed by atoms with Crippen molar-refractivity contribution in [3.63, 3.8) is 0 Å². The van der Waals surface area contributed by atoms with Gasteiger partial charge in [0.25, 0.3) is 5.91 Å². The Morgan fingerprint density at radius 1 is 0.833 bits per heavy atom. The first kappa shape index (κ1) is 16.0. The number of amides is 1. The maximum absolute atomic E-state index is 12.5. The molecule has 120 valence electrons. The minimum atomic E-state index is -0.0319. The van der Waals surface area contributed by atoms with E-state index in [2.05, 4.69) is 29.6 Å². The fourth-order valence-electron chi connectivity index (χ4n) is 2.88. The van der Waals surface area contributed by atoms with E-state index in [0.717, 1.165) is 5.56 Å². The van der Waals surface area contributed by atoms with E-state index in [-0.39, 0.29) is 11.8 Å². The quantitative estimate of drug-likeness (QED) is 0.735. The van der Waals surface area contributed by atoms with Crippen LogP contribution in [0.5, 0.6) is 0 Å². The van der Waals surface area contributed by atoms with Crippen LogP contribution in [0.2, 0.25) is 0 Å². The molecule has 24 heavy (non-hydrogen) atoms. The minimum absolute atomic E-state index is 0.0319. The summed E-state index contributed by atoms with van der Waals surface area (Å²) in [6.07, 6.45) is 0. The van der Waals surface area contributed by atoms with Gasteiger partial charge in [0.15, 0.2) is 0 Å². The third-order valence-electron chi connectivity index (χ3n) is 4.15. The van der Waals surface area contributed by atoms with Crippen LogP contribution in [0.4, 0.5) is 0 Å². The summed E-state index contributed by atoms with van der Waals surface area (Å²) in [5, 5.41) is 3.08. The van der Waals surface area contributed by atoms with Gasteiger partial charge in [0.1, 0.15) is 0 Å². The molecular weight excluding hydrogens is 294 g/mol. The Labute approximate surface area is 143 Å². The highest BCUT2D eigenvalue weighted by molar-refractivity contribution is 5.94. The van der Waals surface area contributed by atoms with E-state index in [0.29, 0.717) is 12.1 Å². The van der Waals surface area contributed by atoms with Crippen molar-refractivity contribution in [1.82, 2.24) is 5.32 Å². The smallest absolute Gasteiger partial charge is 0.251 e.